The molecule has 86 valence electrons. The predicted octanol–water partition coefficient (Wildman–Crippen LogP) is 1.92. The molecule has 1 aliphatic heterocycles. The Labute approximate surface area is 99.9 Å². The van der Waals surface area contributed by atoms with E-state index in [1.54, 1.807) is 0 Å². The minimum atomic E-state index is -0.511. The Morgan fingerprint density at radius 3 is 3.06 bits per heavy atom. The highest BCUT2D eigenvalue weighted by atomic mass is 79.9. The van der Waals surface area contributed by atoms with Crippen molar-refractivity contribution >= 4 is 21.6 Å². The van der Waals surface area contributed by atoms with Crippen LogP contribution in [-0.2, 0) is 4.74 Å². The van der Waals surface area contributed by atoms with Crippen LogP contribution in [0.25, 0.3) is 0 Å². The fraction of sp³-hybridized carbons (Fsp3) is 0.444. The molecule has 6 nitrogen and oxygen atoms in total. The second-order valence-corrected chi connectivity index (χ2v) is 4.18. The summed E-state index contributed by atoms with van der Waals surface area (Å²) in [6.45, 7) is 1.09. The second-order valence-electron chi connectivity index (χ2n) is 3.33. The fourth-order valence-corrected chi connectivity index (χ4v) is 1.85. The van der Waals surface area contributed by atoms with Crippen molar-refractivity contribution in [3.05, 3.63) is 27.0 Å². The first-order valence-corrected chi connectivity index (χ1v) is 5.50. The number of pyridine rings is 1. The smallest absolute Gasteiger partial charge is 0.330 e. The summed E-state index contributed by atoms with van der Waals surface area (Å²) in [6, 6.07) is 0. The van der Waals surface area contributed by atoms with Gasteiger partial charge in [0.05, 0.1) is 22.6 Å². The number of rotatable bonds is 3. The van der Waals surface area contributed by atoms with Crippen LogP contribution in [0.3, 0.4) is 0 Å². The van der Waals surface area contributed by atoms with Crippen LogP contribution < -0.4 is 4.74 Å². The number of ether oxygens (including phenoxy) is 2. The third kappa shape index (κ3) is 2.30. The predicted molar refractivity (Wildman–Crippen MR) is 58.4 cm³/mol. The zero-order valence-corrected chi connectivity index (χ0v) is 9.84. The zero-order valence-electron chi connectivity index (χ0n) is 8.26. The minimum Gasteiger partial charge on any atom is -0.480 e. The average molecular weight is 289 g/mol. The van der Waals surface area contributed by atoms with Crippen molar-refractivity contribution in [2.24, 2.45) is 0 Å². The van der Waals surface area contributed by atoms with Gasteiger partial charge in [-0.15, -0.1) is 0 Å². The minimum absolute atomic E-state index is 0.127. The monoisotopic (exact) mass is 288 g/mol. The van der Waals surface area contributed by atoms with Crippen molar-refractivity contribution in [1.29, 1.82) is 0 Å². The molecule has 0 N–H and O–H groups in total. The third-order valence-electron chi connectivity index (χ3n) is 2.20. The molecule has 0 saturated carbocycles. The Kier molecular flexibility index (Phi) is 3.35. The van der Waals surface area contributed by atoms with Crippen LogP contribution in [0, 0.1) is 10.1 Å². The van der Waals surface area contributed by atoms with E-state index in [1.165, 1.54) is 12.4 Å². The lowest BCUT2D eigenvalue weighted by molar-refractivity contribution is -0.386. The van der Waals surface area contributed by atoms with E-state index in [2.05, 4.69) is 20.9 Å². The molecule has 1 aromatic heterocycles. The van der Waals surface area contributed by atoms with E-state index < -0.39 is 4.92 Å². The van der Waals surface area contributed by atoms with Gasteiger partial charge in [-0.3, -0.25) is 15.1 Å². The van der Waals surface area contributed by atoms with E-state index in [4.69, 9.17) is 9.47 Å². The summed E-state index contributed by atoms with van der Waals surface area (Å²) in [5.74, 6) is 0.218. The lowest BCUT2D eigenvalue weighted by atomic mass is 10.3. The molecule has 0 radical (unpaired) electrons. The van der Waals surface area contributed by atoms with Crippen LogP contribution in [0.15, 0.2) is 16.9 Å². The van der Waals surface area contributed by atoms with Gasteiger partial charge in [0, 0.05) is 12.6 Å². The maximum Gasteiger partial charge on any atom is 0.330 e. The van der Waals surface area contributed by atoms with Gasteiger partial charge in [-0.1, -0.05) is 0 Å². The highest BCUT2D eigenvalue weighted by Crippen LogP contribution is 2.35. The van der Waals surface area contributed by atoms with Gasteiger partial charge >= 0.3 is 5.69 Å². The first kappa shape index (κ1) is 11.3. The Bertz CT molecular complexity index is 406. The molecule has 1 atom stereocenters. The van der Waals surface area contributed by atoms with Crippen molar-refractivity contribution in [2.75, 3.05) is 13.2 Å². The van der Waals surface area contributed by atoms with Gasteiger partial charge in [0.25, 0.3) is 0 Å². The van der Waals surface area contributed by atoms with Crippen LogP contribution in [0.4, 0.5) is 5.69 Å². The van der Waals surface area contributed by atoms with E-state index in [9.17, 15) is 10.1 Å². The summed E-state index contributed by atoms with van der Waals surface area (Å²) in [6.07, 6.45) is 3.26. The van der Waals surface area contributed by atoms with E-state index in [0.717, 1.165) is 6.42 Å². The Morgan fingerprint density at radius 1 is 1.62 bits per heavy atom. The molecule has 0 amide bonds. The normalized spacial score (nSPS) is 19.7. The van der Waals surface area contributed by atoms with Crippen molar-refractivity contribution < 1.29 is 14.4 Å². The van der Waals surface area contributed by atoms with Gasteiger partial charge < -0.3 is 9.47 Å². The van der Waals surface area contributed by atoms with Crippen LogP contribution >= 0.6 is 15.9 Å². The number of aromatic nitrogens is 1. The first-order valence-electron chi connectivity index (χ1n) is 4.71. The molecule has 16 heavy (non-hydrogen) atoms. The standard InChI is InChI=1S/C9H9BrN2O4/c10-7-3-11-4-8(12(13)14)9(7)16-6-1-2-15-5-6/h3-4,6H,1-2,5H2. The zero-order chi connectivity index (χ0) is 11.5. The largest absolute Gasteiger partial charge is 0.480 e. The maximum atomic E-state index is 10.8. The molecule has 1 saturated heterocycles. The van der Waals surface area contributed by atoms with Crippen molar-refractivity contribution in [3.63, 3.8) is 0 Å². The summed E-state index contributed by atoms with van der Waals surface area (Å²) in [4.78, 5) is 14.0. The molecule has 2 heterocycles. The number of halogens is 1. The van der Waals surface area contributed by atoms with Crippen molar-refractivity contribution in [3.8, 4) is 5.75 Å². The van der Waals surface area contributed by atoms with E-state index in [0.29, 0.717) is 17.7 Å². The van der Waals surface area contributed by atoms with Crippen LogP contribution in [0.1, 0.15) is 6.42 Å². The Balaban J connectivity index is 2.26. The lowest BCUT2D eigenvalue weighted by Gasteiger charge is -2.12. The van der Waals surface area contributed by atoms with Gasteiger partial charge in [0.1, 0.15) is 12.3 Å². The molecule has 1 unspecified atom stereocenters. The topological polar surface area (TPSA) is 74.5 Å². The van der Waals surface area contributed by atoms with Crippen molar-refractivity contribution in [1.82, 2.24) is 4.98 Å². The molecular formula is C9H9BrN2O4. The van der Waals surface area contributed by atoms with Gasteiger partial charge in [0.15, 0.2) is 0 Å². The van der Waals surface area contributed by atoms with Crippen LogP contribution in [0.5, 0.6) is 5.75 Å². The number of nitro groups is 1. The van der Waals surface area contributed by atoms with E-state index >= 15 is 0 Å². The summed E-state index contributed by atoms with van der Waals surface area (Å²) >= 11 is 3.19. The molecule has 0 spiro atoms. The quantitative estimate of drug-likeness (QED) is 0.627. The molecule has 0 aliphatic carbocycles. The van der Waals surface area contributed by atoms with E-state index in [-0.39, 0.29) is 17.5 Å². The molecule has 2 rings (SSSR count). The van der Waals surface area contributed by atoms with Gasteiger partial charge in [-0.05, 0) is 15.9 Å². The summed E-state index contributed by atoms with van der Waals surface area (Å²) < 4.78 is 11.2. The first-order chi connectivity index (χ1) is 7.68. The molecule has 1 aliphatic rings. The number of nitrogens with zero attached hydrogens (tertiary/aromatic N) is 2. The van der Waals surface area contributed by atoms with Gasteiger partial charge in [-0.2, -0.15) is 0 Å². The van der Waals surface area contributed by atoms with Gasteiger partial charge in [0.2, 0.25) is 5.75 Å². The second kappa shape index (κ2) is 4.75. The molecule has 1 fully saturated rings. The van der Waals surface area contributed by atoms with E-state index in [1.807, 2.05) is 0 Å². The molecule has 0 aromatic carbocycles. The number of hydrogen-bond donors (Lipinski definition) is 0. The lowest BCUT2D eigenvalue weighted by Crippen LogP contribution is -2.16. The summed E-state index contributed by atoms with van der Waals surface area (Å²) in [5, 5.41) is 10.8. The molecule has 0 bridgehead atoms. The molecule has 7 heteroatoms. The number of hydrogen-bond acceptors (Lipinski definition) is 5. The molecule has 1 aromatic rings. The summed E-state index contributed by atoms with van der Waals surface area (Å²) in [5.41, 5.74) is -0.138. The highest BCUT2D eigenvalue weighted by molar-refractivity contribution is 9.10. The Hall–Kier alpha value is -1.21. The summed E-state index contributed by atoms with van der Waals surface area (Å²) in [7, 11) is 0. The van der Waals surface area contributed by atoms with Crippen LogP contribution in [-0.4, -0.2) is 29.2 Å². The third-order valence-corrected chi connectivity index (χ3v) is 2.77. The maximum absolute atomic E-state index is 10.8. The fourth-order valence-electron chi connectivity index (χ4n) is 1.43. The average Bonchev–Trinajstić information content (AvgIpc) is 2.73. The SMILES string of the molecule is O=[N+]([O-])c1cncc(Br)c1OC1CCOC1. The molecular weight excluding hydrogens is 280 g/mol. The van der Waals surface area contributed by atoms with Gasteiger partial charge in [-0.25, -0.2) is 0 Å². The highest BCUT2D eigenvalue weighted by Gasteiger charge is 2.24. The Morgan fingerprint density at radius 2 is 2.44 bits per heavy atom. The van der Waals surface area contributed by atoms with Crippen LogP contribution in [0.2, 0.25) is 0 Å². The van der Waals surface area contributed by atoms with Crippen molar-refractivity contribution in [2.45, 2.75) is 12.5 Å².